The summed E-state index contributed by atoms with van der Waals surface area (Å²) in [4.78, 5) is 12.8. The summed E-state index contributed by atoms with van der Waals surface area (Å²) in [6, 6.07) is 7.94. The summed E-state index contributed by atoms with van der Waals surface area (Å²) in [7, 11) is 1.67. The number of Topliss-reactive ketones (excluding diaryl/α,β-unsaturated/α-hetero) is 1. The van der Waals surface area contributed by atoms with Crippen molar-refractivity contribution in [2.24, 2.45) is 29.6 Å². The van der Waals surface area contributed by atoms with E-state index in [2.05, 4.69) is 25.2 Å². The summed E-state index contributed by atoms with van der Waals surface area (Å²) in [6.07, 6.45) is 7.89. The van der Waals surface area contributed by atoms with Crippen LogP contribution in [0, 0.1) is 29.6 Å². The molecule has 0 aromatic heterocycles. The summed E-state index contributed by atoms with van der Waals surface area (Å²) in [6.45, 7) is 2.23. The quantitative estimate of drug-likeness (QED) is 0.609. The van der Waals surface area contributed by atoms with E-state index in [1.54, 1.807) is 7.11 Å². The van der Waals surface area contributed by atoms with Gasteiger partial charge in [0.2, 0.25) is 0 Å². The van der Waals surface area contributed by atoms with Crippen molar-refractivity contribution in [3.05, 3.63) is 47.6 Å². The monoisotopic (exact) mass is 280 g/mol. The highest BCUT2D eigenvalue weighted by Gasteiger charge is 2.56. The van der Waals surface area contributed by atoms with E-state index < -0.39 is 0 Å². The zero-order valence-electron chi connectivity index (χ0n) is 12.5. The summed E-state index contributed by atoms with van der Waals surface area (Å²) in [5.74, 6) is 3.53. The Bertz CT molecular complexity index is 638. The summed E-state index contributed by atoms with van der Waals surface area (Å²) in [5.41, 5.74) is 2.11. The average molecular weight is 280 g/mol. The van der Waals surface area contributed by atoms with Gasteiger partial charge in [0.1, 0.15) is 5.75 Å². The zero-order chi connectivity index (χ0) is 14.6. The van der Waals surface area contributed by atoms with Gasteiger partial charge >= 0.3 is 0 Å². The fourth-order valence-corrected chi connectivity index (χ4v) is 4.62. The smallest absolute Gasteiger partial charge is 0.163 e. The van der Waals surface area contributed by atoms with Gasteiger partial charge in [-0.3, -0.25) is 4.79 Å². The Morgan fingerprint density at radius 3 is 2.52 bits per heavy atom. The van der Waals surface area contributed by atoms with Crippen molar-refractivity contribution >= 4 is 11.9 Å². The minimum absolute atomic E-state index is 0.250. The summed E-state index contributed by atoms with van der Waals surface area (Å²) >= 11 is 0. The Morgan fingerprint density at radius 1 is 1.14 bits per heavy atom. The first-order chi connectivity index (χ1) is 10.2. The lowest BCUT2D eigenvalue weighted by molar-refractivity contribution is -0.118. The molecule has 0 spiro atoms. The van der Waals surface area contributed by atoms with Crippen LogP contribution in [-0.4, -0.2) is 12.9 Å². The predicted molar refractivity (Wildman–Crippen MR) is 82.9 cm³/mol. The molecule has 5 atom stereocenters. The molecule has 2 heteroatoms. The van der Waals surface area contributed by atoms with Crippen LogP contribution in [0.15, 0.2) is 42.0 Å². The van der Waals surface area contributed by atoms with E-state index in [4.69, 9.17) is 4.74 Å². The molecule has 0 amide bonds. The fourth-order valence-electron chi connectivity index (χ4n) is 4.62. The van der Waals surface area contributed by atoms with Crippen molar-refractivity contribution in [3.8, 4) is 5.75 Å². The molecule has 0 N–H and O–H groups in total. The van der Waals surface area contributed by atoms with E-state index in [0.717, 1.165) is 16.9 Å². The van der Waals surface area contributed by atoms with Crippen molar-refractivity contribution in [2.75, 3.05) is 7.11 Å². The molecule has 2 fully saturated rings. The van der Waals surface area contributed by atoms with E-state index in [9.17, 15) is 4.79 Å². The first-order valence-corrected chi connectivity index (χ1v) is 7.77. The normalized spacial score (nSPS) is 38.3. The van der Waals surface area contributed by atoms with Gasteiger partial charge in [-0.15, -0.1) is 0 Å². The molecule has 21 heavy (non-hydrogen) atoms. The summed E-state index contributed by atoms with van der Waals surface area (Å²) in [5, 5.41) is 0. The molecule has 2 saturated carbocycles. The Labute approximate surface area is 125 Å². The third kappa shape index (κ3) is 1.81. The van der Waals surface area contributed by atoms with Crippen molar-refractivity contribution in [2.45, 2.75) is 13.3 Å². The minimum Gasteiger partial charge on any atom is -0.497 e. The number of benzene rings is 1. The van der Waals surface area contributed by atoms with Crippen LogP contribution >= 0.6 is 0 Å². The van der Waals surface area contributed by atoms with Crippen LogP contribution in [0.2, 0.25) is 0 Å². The second-order valence-corrected chi connectivity index (χ2v) is 6.58. The van der Waals surface area contributed by atoms with Gasteiger partial charge in [-0.1, -0.05) is 31.2 Å². The van der Waals surface area contributed by atoms with Gasteiger partial charge in [0, 0.05) is 5.92 Å². The number of hydrogen-bond donors (Lipinski definition) is 0. The number of rotatable bonds is 2. The van der Waals surface area contributed by atoms with E-state index in [1.807, 2.05) is 24.3 Å². The number of hydrogen-bond acceptors (Lipinski definition) is 2. The Hall–Kier alpha value is -1.83. The van der Waals surface area contributed by atoms with Crippen LogP contribution in [-0.2, 0) is 4.79 Å². The lowest BCUT2D eigenvalue weighted by Gasteiger charge is -2.21. The highest BCUT2D eigenvalue weighted by atomic mass is 16.5. The van der Waals surface area contributed by atoms with E-state index in [1.165, 1.54) is 6.42 Å². The number of allylic oxidation sites excluding steroid dienone is 3. The molecule has 3 aliphatic rings. The van der Waals surface area contributed by atoms with Crippen LogP contribution < -0.4 is 4.74 Å². The van der Waals surface area contributed by atoms with Gasteiger partial charge < -0.3 is 4.74 Å². The molecule has 0 radical (unpaired) electrons. The topological polar surface area (TPSA) is 26.3 Å². The van der Waals surface area contributed by atoms with E-state index in [-0.39, 0.29) is 5.92 Å². The van der Waals surface area contributed by atoms with Gasteiger partial charge in [-0.05, 0) is 59.4 Å². The van der Waals surface area contributed by atoms with Crippen molar-refractivity contribution in [3.63, 3.8) is 0 Å². The maximum Gasteiger partial charge on any atom is 0.163 e. The van der Waals surface area contributed by atoms with Crippen LogP contribution in [0.1, 0.15) is 18.9 Å². The molecule has 0 saturated heterocycles. The molecule has 4 rings (SSSR count). The largest absolute Gasteiger partial charge is 0.497 e. The summed E-state index contributed by atoms with van der Waals surface area (Å²) < 4.78 is 5.18. The van der Waals surface area contributed by atoms with Crippen LogP contribution in [0.4, 0.5) is 0 Å². The first-order valence-electron chi connectivity index (χ1n) is 7.77. The molecular formula is C19H20O2. The Balaban J connectivity index is 1.66. The van der Waals surface area contributed by atoms with Crippen molar-refractivity contribution in [1.29, 1.82) is 0 Å². The predicted octanol–water partition coefficient (Wildman–Crippen LogP) is 3.74. The molecule has 0 unspecified atom stereocenters. The molecule has 1 aromatic rings. The molecule has 3 aliphatic carbocycles. The molecular weight excluding hydrogens is 260 g/mol. The maximum absolute atomic E-state index is 12.8. The van der Waals surface area contributed by atoms with Crippen LogP contribution in [0.5, 0.6) is 5.75 Å². The molecule has 2 bridgehead atoms. The molecule has 1 aromatic carbocycles. The van der Waals surface area contributed by atoms with E-state index >= 15 is 0 Å². The van der Waals surface area contributed by atoms with Crippen molar-refractivity contribution < 1.29 is 9.53 Å². The van der Waals surface area contributed by atoms with Gasteiger partial charge in [0.15, 0.2) is 5.78 Å². The molecule has 0 heterocycles. The zero-order valence-corrected chi connectivity index (χ0v) is 12.5. The Kier molecular flexibility index (Phi) is 2.81. The number of ether oxygens (including phenoxy) is 1. The van der Waals surface area contributed by atoms with Gasteiger partial charge in [-0.25, -0.2) is 0 Å². The SMILES string of the molecule is COc1ccc(/C=C2/C(=O)[C@@H]3[C@@H]([C@@H]4C=C[C@H]3C4)[C@@H]2C)cc1. The number of carbonyl (C=O) groups is 1. The third-order valence-electron chi connectivity index (χ3n) is 5.61. The van der Waals surface area contributed by atoms with Gasteiger partial charge in [-0.2, -0.15) is 0 Å². The number of carbonyl (C=O) groups excluding carboxylic acids is 1. The number of methoxy groups -OCH3 is 1. The lowest BCUT2D eigenvalue weighted by Crippen LogP contribution is -2.20. The minimum atomic E-state index is 0.250. The molecule has 108 valence electrons. The molecule has 0 aliphatic heterocycles. The standard InChI is InChI=1S/C19H20O2/c1-11-16(9-12-3-7-15(21-2)8-4-12)19(20)18-14-6-5-13(10-14)17(11)18/h3-9,11,13-14,17-18H,10H2,1-2H3/b16-9+/t11-,13-,14+,17-,18+/m1/s1. The highest BCUT2D eigenvalue weighted by Crippen LogP contribution is 2.57. The third-order valence-corrected chi connectivity index (χ3v) is 5.61. The number of ketones is 1. The molecule has 2 nitrogen and oxygen atoms in total. The lowest BCUT2D eigenvalue weighted by atomic mass is 9.81. The van der Waals surface area contributed by atoms with E-state index in [0.29, 0.717) is 29.5 Å². The Morgan fingerprint density at radius 2 is 1.86 bits per heavy atom. The van der Waals surface area contributed by atoms with Crippen LogP contribution in [0.3, 0.4) is 0 Å². The van der Waals surface area contributed by atoms with Crippen molar-refractivity contribution in [1.82, 2.24) is 0 Å². The maximum atomic E-state index is 12.8. The second kappa shape index (κ2) is 4.59. The fraction of sp³-hybridized carbons (Fsp3) is 0.421. The highest BCUT2D eigenvalue weighted by molar-refractivity contribution is 6.04. The van der Waals surface area contributed by atoms with Crippen LogP contribution in [0.25, 0.3) is 6.08 Å². The second-order valence-electron chi connectivity index (χ2n) is 6.58. The van der Waals surface area contributed by atoms with Gasteiger partial charge in [0.05, 0.1) is 7.11 Å². The average Bonchev–Trinajstić information content (AvgIpc) is 3.18. The van der Waals surface area contributed by atoms with Gasteiger partial charge in [0.25, 0.3) is 0 Å². The number of fused-ring (bicyclic) bond motifs is 5. The first kappa shape index (κ1) is 12.9.